The summed E-state index contributed by atoms with van der Waals surface area (Å²) in [5, 5.41) is 18.0. The average Bonchev–Trinajstić information content (AvgIpc) is 3.09. The summed E-state index contributed by atoms with van der Waals surface area (Å²) in [6.45, 7) is 3.90. The zero-order valence-corrected chi connectivity index (χ0v) is 16.5. The Morgan fingerprint density at radius 2 is 2.00 bits per heavy atom. The molecular weight excluding hydrogens is 372 g/mol. The van der Waals surface area contributed by atoms with Gasteiger partial charge in [0.1, 0.15) is 5.75 Å². The first-order valence-corrected chi connectivity index (χ1v) is 9.10. The van der Waals surface area contributed by atoms with Crippen molar-refractivity contribution in [2.75, 3.05) is 7.11 Å². The van der Waals surface area contributed by atoms with Crippen LogP contribution in [0.15, 0.2) is 54.6 Å². The number of methoxy groups -OCH3 is 1. The number of carbonyl (C=O) groups is 1. The van der Waals surface area contributed by atoms with Gasteiger partial charge in [-0.2, -0.15) is 4.68 Å². The van der Waals surface area contributed by atoms with Crippen molar-refractivity contribution in [3.8, 4) is 5.75 Å². The van der Waals surface area contributed by atoms with Gasteiger partial charge in [0.15, 0.2) is 0 Å². The van der Waals surface area contributed by atoms with Crippen molar-refractivity contribution in [1.82, 2.24) is 15.1 Å². The Balaban J connectivity index is 1.80. The molecular formula is C21H22N4O4. The lowest BCUT2D eigenvalue weighted by Gasteiger charge is -2.16. The van der Waals surface area contributed by atoms with Crippen LogP contribution in [0.5, 0.6) is 5.75 Å². The molecule has 0 radical (unpaired) electrons. The number of rotatable bonds is 7. The second-order valence-corrected chi connectivity index (χ2v) is 6.69. The molecule has 0 aliphatic rings. The summed E-state index contributed by atoms with van der Waals surface area (Å²) in [6.07, 6.45) is 0. The first-order chi connectivity index (χ1) is 13.9. The molecule has 0 bridgehead atoms. The van der Waals surface area contributed by atoms with Gasteiger partial charge in [-0.3, -0.25) is 4.79 Å². The molecule has 0 fully saturated rings. The van der Waals surface area contributed by atoms with E-state index in [-0.39, 0.29) is 24.3 Å². The molecule has 29 heavy (non-hydrogen) atoms. The predicted octanol–water partition coefficient (Wildman–Crippen LogP) is 3.65. The number of amides is 1. The first-order valence-electron chi connectivity index (χ1n) is 9.10. The highest BCUT2D eigenvalue weighted by atomic mass is 16.6. The van der Waals surface area contributed by atoms with Gasteiger partial charge < -0.3 is 20.2 Å². The van der Waals surface area contributed by atoms with Crippen molar-refractivity contribution in [1.29, 1.82) is 0 Å². The molecule has 1 aromatic heterocycles. The van der Waals surface area contributed by atoms with Crippen molar-refractivity contribution in [3.05, 3.63) is 87.1 Å². The lowest BCUT2D eigenvalue weighted by Crippen LogP contribution is -2.28. The van der Waals surface area contributed by atoms with E-state index < -0.39 is 4.92 Å². The fourth-order valence-electron chi connectivity index (χ4n) is 3.05. The van der Waals surface area contributed by atoms with Crippen LogP contribution in [-0.4, -0.2) is 27.7 Å². The number of hydrogen-bond acceptors (Lipinski definition) is 5. The highest BCUT2D eigenvalue weighted by Crippen LogP contribution is 2.20. The second kappa shape index (κ2) is 8.55. The van der Waals surface area contributed by atoms with E-state index in [2.05, 4.69) is 10.4 Å². The topological polar surface area (TPSA) is 99.3 Å². The van der Waals surface area contributed by atoms with Gasteiger partial charge in [-0.25, -0.2) is 0 Å². The lowest BCUT2D eigenvalue weighted by atomic mass is 10.0. The third kappa shape index (κ3) is 4.60. The second-order valence-electron chi connectivity index (χ2n) is 6.69. The molecule has 1 amide bonds. The summed E-state index contributed by atoms with van der Waals surface area (Å²) >= 11 is 0. The van der Waals surface area contributed by atoms with Crippen LogP contribution in [0.4, 0.5) is 5.82 Å². The maximum atomic E-state index is 12.9. The van der Waals surface area contributed by atoms with Crippen LogP contribution in [0.1, 0.15) is 40.1 Å². The lowest BCUT2D eigenvalue weighted by molar-refractivity contribution is -0.389. The van der Waals surface area contributed by atoms with Crippen LogP contribution < -0.4 is 10.1 Å². The average molecular weight is 394 g/mol. The van der Waals surface area contributed by atoms with E-state index in [4.69, 9.17) is 4.74 Å². The van der Waals surface area contributed by atoms with Crippen molar-refractivity contribution in [3.63, 3.8) is 0 Å². The molecule has 1 atom stereocenters. The van der Waals surface area contributed by atoms with Crippen molar-refractivity contribution >= 4 is 11.7 Å². The van der Waals surface area contributed by atoms with Crippen molar-refractivity contribution in [2.45, 2.75) is 26.4 Å². The molecule has 0 saturated heterocycles. The maximum Gasteiger partial charge on any atom is 0.390 e. The largest absolute Gasteiger partial charge is 0.497 e. The molecule has 1 N–H and O–H groups in total. The standard InChI is InChI=1S/C21H22N4O4/c1-14-11-20(25(27)28)23-24(14)13-17-7-4-5-10-19(17)21(26)22-15(2)16-8-6-9-18(12-16)29-3/h4-12,15H,13H2,1-3H3,(H,22,26)/t15-/m0/s1. The van der Waals surface area contributed by atoms with Crippen molar-refractivity contribution < 1.29 is 14.5 Å². The molecule has 8 heteroatoms. The number of nitrogens with one attached hydrogen (secondary N) is 1. The minimum Gasteiger partial charge on any atom is -0.497 e. The Morgan fingerprint density at radius 3 is 2.69 bits per heavy atom. The van der Waals surface area contributed by atoms with Crippen LogP contribution in [-0.2, 0) is 6.54 Å². The van der Waals surface area contributed by atoms with E-state index in [1.54, 1.807) is 26.2 Å². The number of aromatic nitrogens is 2. The number of nitrogens with zero attached hydrogens (tertiary/aromatic N) is 3. The molecule has 1 heterocycles. The molecule has 8 nitrogen and oxygen atoms in total. The van der Waals surface area contributed by atoms with E-state index in [1.165, 1.54) is 10.7 Å². The van der Waals surface area contributed by atoms with Gasteiger partial charge in [0, 0.05) is 5.56 Å². The Morgan fingerprint density at radius 1 is 1.24 bits per heavy atom. The smallest absolute Gasteiger partial charge is 0.390 e. The molecule has 3 aromatic rings. The third-order valence-corrected chi connectivity index (χ3v) is 4.68. The van der Waals surface area contributed by atoms with Crippen LogP contribution in [0, 0.1) is 17.0 Å². The van der Waals surface area contributed by atoms with E-state index in [1.807, 2.05) is 43.3 Å². The highest BCUT2D eigenvalue weighted by Gasteiger charge is 2.19. The van der Waals surface area contributed by atoms with Gasteiger partial charge in [0.05, 0.1) is 36.6 Å². The van der Waals surface area contributed by atoms with Gasteiger partial charge in [-0.15, -0.1) is 0 Å². The molecule has 0 aliphatic heterocycles. The highest BCUT2D eigenvalue weighted by molar-refractivity contribution is 5.95. The Labute approximate surface area is 168 Å². The summed E-state index contributed by atoms with van der Waals surface area (Å²) in [5.41, 5.74) is 2.80. The molecule has 0 aliphatic carbocycles. The van der Waals surface area contributed by atoms with Crippen LogP contribution in [0.25, 0.3) is 0 Å². The number of carbonyl (C=O) groups excluding carboxylic acids is 1. The quantitative estimate of drug-likeness (QED) is 0.487. The zero-order valence-electron chi connectivity index (χ0n) is 16.5. The van der Waals surface area contributed by atoms with Gasteiger partial charge in [-0.1, -0.05) is 30.3 Å². The normalized spacial score (nSPS) is 11.7. The van der Waals surface area contributed by atoms with Gasteiger partial charge in [0.25, 0.3) is 5.91 Å². The van der Waals surface area contributed by atoms with Gasteiger partial charge in [0.2, 0.25) is 0 Å². The van der Waals surface area contributed by atoms with E-state index in [9.17, 15) is 14.9 Å². The number of nitro groups is 1. The fourth-order valence-corrected chi connectivity index (χ4v) is 3.05. The number of benzene rings is 2. The number of aryl methyl sites for hydroxylation is 1. The summed E-state index contributed by atoms with van der Waals surface area (Å²) in [5.74, 6) is 0.283. The fraction of sp³-hybridized carbons (Fsp3) is 0.238. The number of ether oxygens (including phenoxy) is 1. The molecule has 3 rings (SSSR count). The summed E-state index contributed by atoms with van der Waals surface area (Å²) in [4.78, 5) is 23.3. The maximum absolute atomic E-state index is 12.9. The summed E-state index contributed by atoms with van der Waals surface area (Å²) < 4.78 is 6.76. The minimum atomic E-state index is -0.530. The molecule has 2 aromatic carbocycles. The Bertz CT molecular complexity index is 1040. The van der Waals surface area contributed by atoms with Gasteiger partial charge >= 0.3 is 5.82 Å². The predicted molar refractivity (Wildman–Crippen MR) is 108 cm³/mol. The Kier molecular flexibility index (Phi) is 5.92. The van der Waals surface area contributed by atoms with E-state index >= 15 is 0 Å². The van der Waals surface area contributed by atoms with Crippen LogP contribution in [0.2, 0.25) is 0 Å². The minimum absolute atomic E-state index is 0.212. The van der Waals surface area contributed by atoms with Gasteiger partial charge in [-0.05, 0) is 48.1 Å². The number of hydrogen-bond donors (Lipinski definition) is 1. The molecule has 0 saturated carbocycles. The van der Waals surface area contributed by atoms with E-state index in [0.29, 0.717) is 11.3 Å². The summed E-state index contributed by atoms with van der Waals surface area (Å²) in [6, 6.07) is 15.9. The first kappa shape index (κ1) is 20.1. The Hall–Kier alpha value is -3.68. The van der Waals surface area contributed by atoms with Crippen LogP contribution >= 0.6 is 0 Å². The summed E-state index contributed by atoms with van der Waals surface area (Å²) in [7, 11) is 1.60. The third-order valence-electron chi connectivity index (χ3n) is 4.68. The SMILES string of the molecule is COc1cccc([C@H](C)NC(=O)c2ccccc2Cn2nc([N+](=O)[O-])cc2C)c1. The van der Waals surface area contributed by atoms with Crippen molar-refractivity contribution in [2.24, 2.45) is 0 Å². The van der Waals surface area contributed by atoms with Crippen LogP contribution in [0.3, 0.4) is 0 Å². The monoisotopic (exact) mass is 394 g/mol. The van der Waals surface area contributed by atoms with E-state index in [0.717, 1.165) is 16.9 Å². The zero-order chi connectivity index (χ0) is 21.0. The molecule has 0 spiro atoms. The molecule has 150 valence electrons. The molecule has 0 unspecified atom stereocenters.